The summed E-state index contributed by atoms with van der Waals surface area (Å²) in [5.74, 6) is 1.17. The van der Waals surface area contributed by atoms with E-state index in [0.717, 1.165) is 6.54 Å². The highest BCUT2D eigenvalue weighted by atomic mass is 35.5. The molecule has 0 bridgehead atoms. The number of rotatable bonds is 6. The van der Waals surface area contributed by atoms with E-state index in [0.29, 0.717) is 28.4 Å². The quantitative estimate of drug-likeness (QED) is 0.853. The first kappa shape index (κ1) is 14.6. The molecule has 1 heterocycles. The maximum absolute atomic E-state index is 5.96. The van der Waals surface area contributed by atoms with Gasteiger partial charge in [-0.2, -0.15) is 0 Å². The van der Waals surface area contributed by atoms with Gasteiger partial charge in [0.15, 0.2) is 0 Å². The summed E-state index contributed by atoms with van der Waals surface area (Å²) >= 11 is 5.96. The van der Waals surface area contributed by atoms with Crippen molar-refractivity contribution >= 4 is 23.3 Å². The Morgan fingerprint density at radius 2 is 2.20 bits per heavy atom. The van der Waals surface area contributed by atoms with Crippen LogP contribution >= 0.6 is 11.6 Å². The number of anilines is 2. The van der Waals surface area contributed by atoms with E-state index in [1.54, 1.807) is 25.3 Å². The largest absolute Gasteiger partial charge is 0.495 e. The zero-order valence-corrected chi connectivity index (χ0v) is 12.4. The second kappa shape index (κ2) is 6.58. The van der Waals surface area contributed by atoms with Crippen molar-refractivity contribution < 1.29 is 9.15 Å². The molecule has 2 rings (SSSR count). The Labute approximate surface area is 122 Å². The third kappa shape index (κ3) is 3.40. The van der Waals surface area contributed by atoms with E-state index in [1.807, 2.05) is 13.8 Å². The standard InChI is InChI=1S/C13H17ClN4O2/c1-4-15-8(2)12-17-18-13(20-12)16-10-7-9(14)5-6-11(10)19-3/h5-8,15H,4H2,1-3H3,(H,16,18). The predicted octanol–water partition coefficient (Wildman–Crippen LogP) is 3.15. The van der Waals surface area contributed by atoms with Crippen LogP contribution in [0.3, 0.4) is 0 Å². The summed E-state index contributed by atoms with van der Waals surface area (Å²) in [7, 11) is 1.58. The van der Waals surface area contributed by atoms with Crippen LogP contribution in [0, 0.1) is 0 Å². The van der Waals surface area contributed by atoms with Crippen molar-refractivity contribution in [1.29, 1.82) is 0 Å². The van der Waals surface area contributed by atoms with Crippen LogP contribution < -0.4 is 15.4 Å². The molecule has 1 aromatic carbocycles. The highest BCUT2D eigenvalue weighted by Crippen LogP contribution is 2.30. The fourth-order valence-electron chi connectivity index (χ4n) is 1.75. The maximum atomic E-state index is 5.96. The minimum absolute atomic E-state index is 0.00399. The summed E-state index contributed by atoms with van der Waals surface area (Å²) in [5, 5.41) is 14.7. The van der Waals surface area contributed by atoms with Crippen molar-refractivity contribution in [2.75, 3.05) is 19.0 Å². The van der Waals surface area contributed by atoms with Crippen LogP contribution in [0.1, 0.15) is 25.8 Å². The van der Waals surface area contributed by atoms with Gasteiger partial charge in [-0.15, -0.1) is 5.10 Å². The van der Waals surface area contributed by atoms with Gasteiger partial charge in [-0.05, 0) is 31.7 Å². The van der Waals surface area contributed by atoms with Crippen molar-refractivity contribution in [3.05, 3.63) is 29.1 Å². The molecule has 0 radical (unpaired) electrons. The third-order valence-electron chi connectivity index (χ3n) is 2.72. The van der Waals surface area contributed by atoms with Crippen molar-refractivity contribution in [1.82, 2.24) is 15.5 Å². The molecule has 20 heavy (non-hydrogen) atoms. The summed E-state index contributed by atoms with van der Waals surface area (Å²) in [6.07, 6.45) is 0. The number of hydrogen-bond donors (Lipinski definition) is 2. The summed E-state index contributed by atoms with van der Waals surface area (Å²) < 4.78 is 10.8. The number of ether oxygens (including phenoxy) is 1. The molecule has 1 unspecified atom stereocenters. The molecule has 0 aliphatic carbocycles. The van der Waals surface area contributed by atoms with Gasteiger partial charge in [-0.25, -0.2) is 0 Å². The third-order valence-corrected chi connectivity index (χ3v) is 2.96. The van der Waals surface area contributed by atoms with Gasteiger partial charge in [0.1, 0.15) is 5.75 Å². The lowest BCUT2D eigenvalue weighted by Crippen LogP contribution is -2.17. The zero-order chi connectivity index (χ0) is 14.5. The molecule has 0 saturated heterocycles. The summed E-state index contributed by atoms with van der Waals surface area (Å²) in [5.41, 5.74) is 0.673. The van der Waals surface area contributed by atoms with E-state index < -0.39 is 0 Å². The highest BCUT2D eigenvalue weighted by Gasteiger charge is 2.14. The Morgan fingerprint density at radius 1 is 1.40 bits per heavy atom. The van der Waals surface area contributed by atoms with Crippen LogP contribution in [0.5, 0.6) is 5.75 Å². The lowest BCUT2D eigenvalue weighted by molar-refractivity contribution is 0.415. The summed E-state index contributed by atoms with van der Waals surface area (Å²) in [4.78, 5) is 0. The maximum Gasteiger partial charge on any atom is 0.320 e. The fraction of sp³-hybridized carbons (Fsp3) is 0.385. The van der Waals surface area contributed by atoms with Gasteiger partial charge in [0.2, 0.25) is 5.89 Å². The molecule has 6 nitrogen and oxygen atoms in total. The molecule has 0 aliphatic rings. The Morgan fingerprint density at radius 3 is 2.90 bits per heavy atom. The van der Waals surface area contributed by atoms with Crippen molar-refractivity contribution in [3.63, 3.8) is 0 Å². The van der Waals surface area contributed by atoms with E-state index in [-0.39, 0.29) is 6.04 Å². The molecule has 7 heteroatoms. The first-order valence-electron chi connectivity index (χ1n) is 6.31. The summed E-state index contributed by atoms with van der Waals surface area (Å²) in [6.45, 7) is 4.80. The molecular weight excluding hydrogens is 280 g/mol. The Hall–Kier alpha value is -1.79. The molecule has 2 N–H and O–H groups in total. The summed E-state index contributed by atoms with van der Waals surface area (Å²) in [6, 6.07) is 5.55. The van der Waals surface area contributed by atoms with E-state index >= 15 is 0 Å². The normalized spacial score (nSPS) is 12.2. The first-order chi connectivity index (χ1) is 9.63. The molecule has 2 aromatic rings. The second-order valence-electron chi connectivity index (χ2n) is 4.19. The monoisotopic (exact) mass is 296 g/mol. The molecule has 0 fully saturated rings. The van der Waals surface area contributed by atoms with Gasteiger partial charge in [0.25, 0.3) is 0 Å². The Kier molecular flexibility index (Phi) is 4.81. The van der Waals surface area contributed by atoms with Crippen LogP contribution in [-0.2, 0) is 0 Å². The molecule has 0 saturated carbocycles. The molecule has 0 spiro atoms. The predicted molar refractivity (Wildman–Crippen MR) is 77.7 cm³/mol. The van der Waals surface area contributed by atoms with Gasteiger partial charge in [-0.1, -0.05) is 23.6 Å². The van der Waals surface area contributed by atoms with Gasteiger partial charge in [0.05, 0.1) is 18.8 Å². The van der Waals surface area contributed by atoms with Crippen LogP contribution in [-0.4, -0.2) is 23.9 Å². The molecule has 1 aromatic heterocycles. The number of benzene rings is 1. The molecule has 0 amide bonds. The van der Waals surface area contributed by atoms with Crippen LogP contribution in [0.4, 0.5) is 11.7 Å². The Balaban J connectivity index is 2.16. The average Bonchev–Trinajstić information content (AvgIpc) is 2.88. The van der Waals surface area contributed by atoms with Crippen molar-refractivity contribution in [2.24, 2.45) is 0 Å². The van der Waals surface area contributed by atoms with Crippen LogP contribution in [0.15, 0.2) is 22.6 Å². The second-order valence-corrected chi connectivity index (χ2v) is 4.63. The average molecular weight is 297 g/mol. The van der Waals surface area contributed by atoms with Gasteiger partial charge in [0, 0.05) is 5.02 Å². The van der Waals surface area contributed by atoms with E-state index in [4.69, 9.17) is 20.8 Å². The SMILES string of the molecule is CCNC(C)c1nnc(Nc2cc(Cl)ccc2OC)o1. The van der Waals surface area contributed by atoms with E-state index in [9.17, 15) is 0 Å². The highest BCUT2D eigenvalue weighted by molar-refractivity contribution is 6.30. The number of halogens is 1. The molecule has 1 atom stereocenters. The van der Waals surface area contributed by atoms with Gasteiger partial charge >= 0.3 is 6.01 Å². The van der Waals surface area contributed by atoms with Crippen LogP contribution in [0.2, 0.25) is 5.02 Å². The first-order valence-corrected chi connectivity index (χ1v) is 6.69. The fourth-order valence-corrected chi connectivity index (χ4v) is 1.92. The lowest BCUT2D eigenvalue weighted by Gasteiger charge is -2.08. The minimum Gasteiger partial charge on any atom is -0.495 e. The number of nitrogens with zero attached hydrogens (tertiary/aromatic N) is 2. The van der Waals surface area contributed by atoms with Gasteiger partial charge in [-0.3, -0.25) is 0 Å². The van der Waals surface area contributed by atoms with E-state index in [2.05, 4.69) is 20.8 Å². The minimum atomic E-state index is 0.00399. The smallest absolute Gasteiger partial charge is 0.320 e. The number of methoxy groups -OCH3 is 1. The van der Waals surface area contributed by atoms with Crippen LogP contribution in [0.25, 0.3) is 0 Å². The molecule has 108 valence electrons. The van der Waals surface area contributed by atoms with Gasteiger partial charge < -0.3 is 19.8 Å². The molecule has 0 aliphatic heterocycles. The van der Waals surface area contributed by atoms with Crippen molar-refractivity contribution in [3.8, 4) is 5.75 Å². The number of nitrogens with one attached hydrogen (secondary N) is 2. The van der Waals surface area contributed by atoms with E-state index in [1.165, 1.54) is 0 Å². The number of hydrogen-bond acceptors (Lipinski definition) is 6. The zero-order valence-electron chi connectivity index (χ0n) is 11.6. The Bertz CT molecular complexity index is 573. The topological polar surface area (TPSA) is 72.2 Å². The lowest BCUT2D eigenvalue weighted by atomic mass is 10.3. The molecular formula is C13H17ClN4O2. The van der Waals surface area contributed by atoms with Crippen molar-refractivity contribution in [2.45, 2.75) is 19.9 Å². The number of aromatic nitrogens is 2.